The normalized spacial score (nSPS) is 21.6. The molecule has 1 atom stereocenters. The van der Waals surface area contributed by atoms with Crippen molar-refractivity contribution in [3.63, 3.8) is 0 Å². The number of aromatic nitrogens is 1. The van der Waals surface area contributed by atoms with E-state index in [9.17, 15) is 9.90 Å². The molecule has 0 amide bonds. The fraction of sp³-hybridized carbons (Fsp3) is 0.474. The van der Waals surface area contributed by atoms with E-state index in [4.69, 9.17) is 4.74 Å². The summed E-state index contributed by atoms with van der Waals surface area (Å²) in [5.41, 5.74) is 0.958. The Kier molecular flexibility index (Phi) is 4.44. The molecule has 0 radical (unpaired) electrons. The quantitative estimate of drug-likeness (QED) is 0.890. The Labute approximate surface area is 146 Å². The van der Waals surface area contributed by atoms with Gasteiger partial charge in [-0.2, -0.15) is 0 Å². The van der Waals surface area contributed by atoms with Crippen molar-refractivity contribution in [3.05, 3.63) is 30.5 Å². The van der Waals surface area contributed by atoms with Crippen LogP contribution in [-0.2, 0) is 4.79 Å². The molecule has 2 saturated heterocycles. The molecule has 2 fully saturated rings. The van der Waals surface area contributed by atoms with E-state index in [-0.39, 0.29) is 6.10 Å². The summed E-state index contributed by atoms with van der Waals surface area (Å²) in [4.78, 5) is 18.0. The highest BCUT2D eigenvalue weighted by atomic mass is 16.5. The van der Waals surface area contributed by atoms with Gasteiger partial charge in [-0.15, -0.1) is 0 Å². The van der Waals surface area contributed by atoms with Crippen LogP contribution in [0.4, 0.5) is 5.69 Å². The molecule has 1 aromatic heterocycles. The number of fused-ring (bicyclic) bond motifs is 1. The number of hydrogen-bond acceptors (Lipinski definition) is 5. The minimum Gasteiger partial charge on any atom is -0.480 e. The number of carboxylic acid groups (broad SMARTS) is 1. The standard InChI is InChI=1S/C19H23N3O3/c23-19(24)17-5-2-12-22(17)16-4-1-3-15-14(16)8-11-21-18(15)25-13-6-9-20-10-7-13/h1,3-4,8,11,13,17,20H,2,5-7,9-10,12H2,(H,23,24). The Morgan fingerprint density at radius 3 is 2.84 bits per heavy atom. The second kappa shape index (κ2) is 6.88. The lowest BCUT2D eigenvalue weighted by molar-refractivity contribution is -0.138. The van der Waals surface area contributed by atoms with Crippen molar-refractivity contribution in [2.24, 2.45) is 0 Å². The lowest BCUT2D eigenvalue weighted by atomic mass is 10.1. The highest BCUT2D eigenvalue weighted by Crippen LogP contribution is 2.35. The molecule has 4 rings (SSSR count). The molecule has 6 heteroatoms. The maximum absolute atomic E-state index is 11.6. The molecule has 0 spiro atoms. The number of rotatable bonds is 4. The van der Waals surface area contributed by atoms with Crippen LogP contribution in [0.3, 0.4) is 0 Å². The van der Waals surface area contributed by atoms with Crippen LogP contribution in [0.1, 0.15) is 25.7 Å². The van der Waals surface area contributed by atoms with E-state index < -0.39 is 12.0 Å². The van der Waals surface area contributed by atoms with Gasteiger partial charge in [-0.25, -0.2) is 9.78 Å². The van der Waals surface area contributed by atoms with E-state index in [0.717, 1.165) is 55.4 Å². The second-order valence-electron chi connectivity index (χ2n) is 6.75. The molecule has 0 bridgehead atoms. The summed E-state index contributed by atoms with van der Waals surface area (Å²) >= 11 is 0. The molecule has 0 aliphatic carbocycles. The molecule has 1 unspecified atom stereocenters. The van der Waals surface area contributed by atoms with Gasteiger partial charge in [0.05, 0.1) is 0 Å². The van der Waals surface area contributed by atoms with Crippen molar-refractivity contribution in [3.8, 4) is 5.88 Å². The summed E-state index contributed by atoms with van der Waals surface area (Å²) in [6.45, 7) is 2.70. The first-order valence-corrected chi connectivity index (χ1v) is 8.98. The molecule has 0 saturated carbocycles. The maximum atomic E-state index is 11.6. The van der Waals surface area contributed by atoms with Crippen molar-refractivity contribution in [2.45, 2.75) is 37.8 Å². The zero-order chi connectivity index (χ0) is 17.2. The molecule has 1 aromatic carbocycles. The van der Waals surface area contributed by atoms with Crippen LogP contribution < -0.4 is 15.0 Å². The van der Waals surface area contributed by atoms with Crippen molar-refractivity contribution in [2.75, 3.05) is 24.5 Å². The monoisotopic (exact) mass is 341 g/mol. The Bertz CT molecular complexity index is 774. The molecular weight excluding hydrogens is 318 g/mol. The number of nitrogens with one attached hydrogen (secondary N) is 1. The molecular formula is C19H23N3O3. The third-order valence-electron chi connectivity index (χ3n) is 5.16. The van der Waals surface area contributed by atoms with Gasteiger partial charge in [0.25, 0.3) is 0 Å². The van der Waals surface area contributed by atoms with E-state index >= 15 is 0 Å². The van der Waals surface area contributed by atoms with E-state index in [0.29, 0.717) is 12.3 Å². The average Bonchev–Trinajstić information content (AvgIpc) is 3.12. The first-order valence-electron chi connectivity index (χ1n) is 8.98. The predicted molar refractivity (Wildman–Crippen MR) is 96.3 cm³/mol. The van der Waals surface area contributed by atoms with E-state index in [1.54, 1.807) is 6.20 Å². The van der Waals surface area contributed by atoms with Crippen LogP contribution in [0.25, 0.3) is 10.8 Å². The number of anilines is 1. The molecule has 25 heavy (non-hydrogen) atoms. The molecule has 2 aliphatic heterocycles. The lowest BCUT2D eigenvalue weighted by Crippen LogP contribution is -2.36. The van der Waals surface area contributed by atoms with Gasteiger partial charge in [-0.3, -0.25) is 0 Å². The Morgan fingerprint density at radius 1 is 1.20 bits per heavy atom. The summed E-state index contributed by atoms with van der Waals surface area (Å²) in [5.74, 6) is -0.105. The summed E-state index contributed by atoms with van der Waals surface area (Å²) in [6, 6.07) is 7.47. The maximum Gasteiger partial charge on any atom is 0.326 e. The third kappa shape index (κ3) is 3.14. The summed E-state index contributed by atoms with van der Waals surface area (Å²) in [7, 11) is 0. The Hall–Kier alpha value is -2.34. The molecule has 6 nitrogen and oxygen atoms in total. The smallest absolute Gasteiger partial charge is 0.326 e. The fourth-order valence-electron chi connectivity index (χ4n) is 3.89. The number of ether oxygens (including phenoxy) is 1. The third-order valence-corrected chi connectivity index (χ3v) is 5.16. The number of carboxylic acids is 1. The number of hydrogen-bond donors (Lipinski definition) is 2. The number of piperidine rings is 1. The van der Waals surface area contributed by atoms with Crippen LogP contribution in [0.15, 0.2) is 30.5 Å². The van der Waals surface area contributed by atoms with Crippen LogP contribution >= 0.6 is 0 Å². The van der Waals surface area contributed by atoms with Gasteiger partial charge in [-0.1, -0.05) is 6.07 Å². The van der Waals surface area contributed by atoms with Gasteiger partial charge in [0.1, 0.15) is 12.1 Å². The molecule has 132 valence electrons. The summed E-state index contributed by atoms with van der Waals surface area (Å²) < 4.78 is 6.17. The molecule has 2 N–H and O–H groups in total. The highest BCUT2D eigenvalue weighted by molar-refractivity contribution is 5.98. The molecule has 2 aromatic rings. The van der Waals surface area contributed by atoms with Crippen molar-refractivity contribution < 1.29 is 14.6 Å². The number of pyridine rings is 1. The van der Waals surface area contributed by atoms with Gasteiger partial charge in [0.15, 0.2) is 0 Å². The Morgan fingerprint density at radius 2 is 2.04 bits per heavy atom. The van der Waals surface area contributed by atoms with Crippen molar-refractivity contribution in [1.82, 2.24) is 10.3 Å². The van der Waals surface area contributed by atoms with Crippen LogP contribution in [0.2, 0.25) is 0 Å². The zero-order valence-corrected chi connectivity index (χ0v) is 14.1. The van der Waals surface area contributed by atoms with Crippen LogP contribution in [-0.4, -0.2) is 47.8 Å². The van der Waals surface area contributed by atoms with Crippen molar-refractivity contribution >= 4 is 22.4 Å². The van der Waals surface area contributed by atoms with Gasteiger partial charge in [-0.05, 0) is 57.0 Å². The van der Waals surface area contributed by atoms with Crippen molar-refractivity contribution in [1.29, 1.82) is 0 Å². The SMILES string of the molecule is O=C(O)C1CCCN1c1cccc2c(OC3CCNCC3)nccc12. The van der Waals surface area contributed by atoms with Crippen LogP contribution in [0.5, 0.6) is 5.88 Å². The van der Waals surface area contributed by atoms with Crippen LogP contribution in [0, 0.1) is 0 Å². The second-order valence-corrected chi connectivity index (χ2v) is 6.75. The number of aliphatic carboxylic acids is 1. The first kappa shape index (κ1) is 16.1. The van der Waals surface area contributed by atoms with E-state index in [2.05, 4.69) is 10.3 Å². The summed E-state index contributed by atoms with van der Waals surface area (Å²) in [6.07, 6.45) is 5.48. The Balaban J connectivity index is 1.70. The minimum absolute atomic E-state index is 0.182. The first-order chi connectivity index (χ1) is 12.2. The average molecular weight is 341 g/mol. The zero-order valence-electron chi connectivity index (χ0n) is 14.1. The lowest BCUT2D eigenvalue weighted by Gasteiger charge is -2.26. The van der Waals surface area contributed by atoms with Gasteiger partial charge in [0, 0.05) is 29.2 Å². The molecule has 2 aliphatic rings. The topological polar surface area (TPSA) is 74.7 Å². The highest BCUT2D eigenvalue weighted by Gasteiger charge is 2.31. The summed E-state index contributed by atoms with van der Waals surface area (Å²) in [5, 5.41) is 14.8. The fourth-order valence-corrected chi connectivity index (χ4v) is 3.89. The van der Waals surface area contributed by atoms with E-state index in [1.165, 1.54) is 0 Å². The van der Waals surface area contributed by atoms with E-state index in [1.807, 2.05) is 29.2 Å². The minimum atomic E-state index is -0.755. The predicted octanol–water partition coefficient (Wildman–Crippen LogP) is 2.42. The van der Waals surface area contributed by atoms with Gasteiger partial charge in [0.2, 0.25) is 5.88 Å². The number of nitrogens with zero attached hydrogens (tertiary/aromatic N) is 2. The number of carbonyl (C=O) groups is 1. The largest absolute Gasteiger partial charge is 0.480 e. The van der Waals surface area contributed by atoms with Gasteiger partial charge < -0.3 is 20.1 Å². The van der Waals surface area contributed by atoms with Gasteiger partial charge >= 0.3 is 5.97 Å². The number of benzene rings is 1. The molecule has 3 heterocycles.